The van der Waals surface area contributed by atoms with Crippen LogP contribution in [0.2, 0.25) is 0 Å². The lowest BCUT2D eigenvalue weighted by atomic mass is 9.86. The van der Waals surface area contributed by atoms with E-state index < -0.39 is 11.9 Å². The number of amides is 3. The average Bonchev–Trinajstić information content (AvgIpc) is 3.02. The van der Waals surface area contributed by atoms with E-state index in [2.05, 4.69) is 0 Å². The zero-order chi connectivity index (χ0) is 20.8. The van der Waals surface area contributed by atoms with Crippen LogP contribution in [0.5, 0.6) is 11.5 Å². The van der Waals surface area contributed by atoms with Gasteiger partial charge >= 0.3 is 0 Å². The smallest absolute Gasteiger partial charge is 0.262 e. The van der Waals surface area contributed by atoms with Gasteiger partial charge in [-0.2, -0.15) is 0 Å². The Morgan fingerprint density at radius 2 is 1.77 bits per heavy atom. The molecule has 2 aromatic carbocycles. The summed E-state index contributed by atoms with van der Waals surface area (Å²) in [7, 11) is 0. The maximum atomic E-state index is 13.5. The SMILES string of the molecule is NC(=O)CC(c1ccc2c(c1)OCCO2)N1C(=O)c2ccc3c(c2C1=O)CCCC3. The van der Waals surface area contributed by atoms with Crippen LogP contribution < -0.4 is 15.2 Å². The number of aryl methyl sites for hydroxylation is 1. The number of nitrogens with two attached hydrogens (primary N) is 1. The number of carbonyl (C=O) groups excluding carboxylic acids is 3. The van der Waals surface area contributed by atoms with Gasteiger partial charge in [0.25, 0.3) is 11.8 Å². The molecule has 2 aliphatic heterocycles. The number of nitrogens with zero attached hydrogens (tertiary/aromatic N) is 1. The Balaban J connectivity index is 1.58. The molecule has 7 heteroatoms. The van der Waals surface area contributed by atoms with Gasteiger partial charge in [0.05, 0.1) is 23.6 Å². The highest BCUT2D eigenvalue weighted by Gasteiger charge is 2.43. The summed E-state index contributed by atoms with van der Waals surface area (Å²) in [6, 6.07) is 8.10. The van der Waals surface area contributed by atoms with Crippen molar-refractivity contribution in [3.8, 4) is 11.5 Å². The Hall–Kier alpha value is -3.35. The molecule has 0 saturated carbocycles. The lowest BCUT2D eigenvalue weighted by molar-refractivity contribution is -0.118. The normalized spacial score (nSPS) is 18.1. The minimum absolute atomic E-state index is 0.159. The fourth-order valence-electron chi connectivity index (χ4n) is 4.69. The van der Waals surface area contributed by atoms with Crippen LogP contribution in [0.4, 0.5) is 0 Å². The third kappa shape index (κ3) is 2.93. The summed E-state index contributed by atoms with van der Waals surface area (Å²) in [6.07, 6.45) is 3.62. The molecule has 2 N–H and O–H groups in total. The van der Waals surface area contributed by atoms with Gasteiger partial charge in [0, 0.05) is 0 Å². The summed E-state index contributed by atoms with van der Waals surface area (Å²) in [5.41, 5.74) is 9.12. The van der Waals surface area contributed by atoms with E-state index in [0.717, 1.165) is 36.8 Å². The molecule has 30 heavy (non-hydrogen) atoms. The van der Waals surface area contributed by atoms with Crippen molar-refractivity contribution in [2.24, 2.45) is 5.73 Å². The average molecular weight is 406 g/mol. The van der Waals surface area contributed by atoms with E-state index in [1.165, 1.54) is 4.90 Å². The predicted octanol–water partition coefficient (Wildman–Crippen LogP) is 2.55. The van der Waals surface area contributed by atoms with Crippen LogP contribution in [0.15, 0.2) is 30.3 Å². The first kappa shape index (κ1) is 18.7. The first-order valence-electron chi connectivity index (χ1n) is 10.2. The summed E-state index contributed by atoms with van der Waals surface area (Å²) in [5.74, 6) is -0.200. The maximum absolute atomic E-state index is 13.5. The molecule has 5 rings (SSSR count). The first-order valence-corrected chi connectivity index (χ1v) is 10.2. The second-order valence-electron chi connectivity index (χ2n) is 7.90. The van der Waals surface area contributed by atoms with E-state index in [4.69, 9.17) is 15.2 Å². The quantitative estimate of drug-likeness (QED) is 0.787. The minimum Gasteiger partial charge on any atom is -0.486 e. The number of imide groups is 1. The number of hydrogen-bond acceptors (Lipinski definition) is 5. The molecule has 0 aromatic heterocycles. The molecular formula is C23H22N2O5. The lowest BCUT2D eigenvalue weighted by Gasteiger charge is -2.27. The van der Waals surface area contributed by atoms with Crippen LogP contribution in [-0.4, -0.2) is 35.8 Å². The third-order valence-corrected chi connectivity index (χ3v) is 6.07. The van der Waals surface area contributed by atoms with Crippen molar-refractivity contribution in [3.05, 3.63) is 58.1 Å². The van der Waals surface area contributed by atoms with E-state index in [9.17, 15) is 14.4 Å². The Bertz CT molecular complexity index is 1080. The molecule has 3 amide bonds. The summed E-state index contributed by atoms with van der Waals surface area (Å²) in [4.78, 5) is 39.8. The Labute approximate surface area is 173 Å². The maximum Gasteiger partial charge on any atom is 0.262 e. The number of primary amides is 1. The summed E-state index contributed by atoms with van der Waals surface area (Å²) in [5, 5.41) is 0. The van der Waals surface area contributed by atoms with Crippen molar-refractivity contribution in [1.82, 2.24) is 4.90 Å². The topological polar surface area (TPSA) is 98.9 Å². The summed E-state index contributed by atoms with van der Waals surface area (Å²) < 4.78 is 11.2. The summed E-state index contributed by atoms with van der Waals surface area (Å²) >= 11 is 0. The zero-order valence-corrected chi connectivity index (χ0v) is 16.5. The molecule has 1 atom stereocenters. The van der Waals surface area contributed by atoms with E-state index in [1.54, 1.807) is 24.3 Å². The summed E-state index contributed by atoms with van der Waals surface area (Å²) in [6.45, 7) is 0.872. The van der Waals surface area contributed by atoms with E-state index in [-0.39, 0.29) is 18.2 Å². The zero-order valence-electron chi connectivity index (χ0n) is 16.5. The van der Waals surface area contributed by atoms with Gasteiger partial charge in [0.2, 0.25) is 5.91 Å². The molecule has 1 unspecified atom stereocenters. The van der Waals surface area contributed by atoms with Crippen LogP contribution >= 0.6 is 0 Å². The van der Waals surface area contributed by atoms with E-state index >= 15 is 0 Å². The number of rotatable bonds is 4. The molecule has 0 bridgehead atoms. The van der Waals surface area contributed by atoms with Gasteiger partial charge in [0.1, 0.15) is 13.2 Å². The van der Waals surface area contributed by atoms with Crippen LogP contribution in [0.25, 0.3) is 0 Å². The highest BCUT2D eigenvalue weighted by Crippen LogP contribution is 2.40. The van der Waals surface area contributed by atoms with Gasteiger partial charge in [-0.3, -0.25) is 19.3 Å². The standard InChI is InChI=1S/C23H22N2O5/c24-20(26)12-17(14-6-8-18-19(11-14)30-10-9-29-18)25-22(27)16-7-5-13-3-1-2-4-15(13)21(16)23(25)28/h5-8,11,17H,1-4,9-10,12H2,(H2,24,26). The fourth-order valence-corrected chi connectivity index (χ4v) is 4.69. The van der Waals surface area contributed by atoms with Crippen molar-refractivity contribution in [2.75, 3.05) is 13.2 Å². The second kappa shape index (κ2) is 7.16. The monoisotopic (exact) mass is 406 g/mol. The molecule has 1 aliphatic carbocycles. The lowest BCUT2D eigenvalue weighted by Crippen LogP contribution is -2.36. The number of hydrogen-bond donors (Lipinski definition) is 1. The van der Waals surface area contributed by atoms with Gasteiger partial charge in [0.15, 0.2) is 11.5 Å². The van der Waals surface area contributed by atoms with Crippen LogP contribution in [-0.2, 0) is 17.6 Å². The van der Waals surface area contributed by atoms with Crippen molar-refractivity contribution in [2.45, 2.75) is 38.1 Å². The molecule has 2 aromatic rings. The van der Waals surface area contributed by atoms with Gasteiger partial charge < -0.3 is 15.2 Å². The Kier molecular flexibility index (Phi) is 4.46. The van der Waals surface area contributed by atoms with Gasteiger partial charge in [-0.05, 0) is 60.6 Å². The van der Waals surface area contributed by atoms with Crippen LogP contribution in [0.3, 0.4) is 0 Å². The number of carbonyl (C=O) groups is 3. The molecule has 3 aliphatic rings. The minimum atomic E-state index is -0.801. The van der Waals surface area contributed by atoms with Crippen molar-refractivity contribution in [1.29, 1.82) is 0 Å². The fraction of sp³-hybridized carbons (Fsp3) is 0.348. The predicted molar refractivity (Wildman–Crippen MR) is 108 cm³/mol. The largest absolute Gasteiger partial charge is 0.486 e. The molecule has 0 fully saturated rings. The second-order valence-corrected chi connectivity index (χ2v) is 7.90. The molecule has 7 nitrogen and oxygen atoms in total. The number of ether oxygens (including phenoxy) is 2. The third-order valence-electron chi connectivity index (χ3n) is 6.07. The van der Waals surface area contributed by atoms with Gasteiger partial charge in [-0.1, -0.05) is 12.1 Å². The molecule has 0 radical (unpaired) electrons. The first-order chi connectivity index (χ1) is 14.5. The highest BCUT2D eigenvalue weighted by atomic mass is 16.6. The molecular weight excluding hydrogens is 384 g/mol. The Morgan fingerprint density at radius 1 is 1.00 bits per heavy atom. The van der Waals surface area contributed by atoms with E-state index in [0.29, 0.717) is 41.4 Å². The molecule has 0 saturated heterocycles. The highest BCUT2D eigenvalue weighted by molar-refractivity contribution is 6.22. The van der Waals surface area contributed by atoms with Crippen molar-refractivity contribution in [3.63, 3.8) is 0 Å². The molecule has 0 spiro atoms. The van der Waals surface area contributed by atoms with Crippen LogP contribution in [0, 0.1) is 0 Å². The number of benzene rings is 2. The molecule has 154 valence electrons. The van der Waals surface area contributed by atoms with Gasteiger partial charge in [-0.25, -0.2) is 0 Å². The van der Waals surface area contributed by atoms with Crippen molar-refractivity contribution < 1.29 is 23.9 Å². The number of fused-ring (bicyclic) bond motifs is 4. The van der Waals surface area contributed by atoms with Crippen LogP contribution in [0.1, 0.15) is 62.7 Å². The van der Waals surface area contributed by atoms with Crippen molar-refractivity contribution >= 4 is 17.7 Å². The molecule has 2 heterocycles. The van der Waals surface area contributed by atoms with E-state index in [1.807, 2.05) is 6.07 Å². The van der Waals surface area contributed by atoms with Gasteiger partial charge in [-0.15, -0.1) is 0 Å². The Morgan fingerprint density at radius 3 is 2.57 bits per heavy atom.